The van der Waals surface area contributed by atoms with Gasteiger partial charge in [-0.15, -0.1) is 11.3 Å². The van der Waals surface area contributed by atoms with Crippen LogP contribution in [0.4, 0.5) is 14.5 Å². The van der Waals surface area contributed by atoms with Gasteiger partial charge >= 0.3 is 5.69 Å². The molecule has 0 amide bonds. The molecule has 1 aromatic heterocycles. The Kier molecular flexibility index (Phi) is 4.26. The number of ether oxygens (including phenoxy) is 2. The highest BCUT2D eigenvalue weighted by atomic mass is 32.1. The van der Waals surface area contributed by atoms with Gasteiger partial charge in [-0.25, -0.2) is 9.37 Å². The molecule has 0 N–H and O–H groups in total. The molecule has 24 heavy (non-hydrogen) atoms. The highest BCUT2D eigenvalue weighted by Gasteiger charge is 2.20. The van der Waals surface area contributed by atoms with Crippen molar-refractivity contribution in [2.45, 2.75) is 6.61 Å². The fraction of sp³-hybridized carbons (Fsp3) is 0.133. The Morgan fingerprint density at radius 3 is 2.75 bits per heavy atom. The smallest absolute Gasteiger partial charge is 0.308 e. The van der Waals surface area contributed by atoms with Gasteiger partial charge in [0.2, 0.25) is 5.82 Å². The van der Waals surface area contributed by atoms with E-state index >= 15 is 0 Å². The molecule has 0 bridgehead atoms. The Morgan fingerprint density at radius 2 is 2.04 bits per heavy atom. The average molecular weight is 352 g/mol. The number of rotatable bonds is 5. The number of nitro groups is 1. The Bertz CT molecular complexity index is 929. The van der Waals surface area contributed by atoms with E-state index in [-0.39, 0.29) is 23.9 Å². The number of hydrogen-bond donors (Lipinski definition) is 0. The number of benzene rings is 2. The van der Waals surface area contributed by atoms with E-state index in [9.17, 15) is 18.9 Å². The number of nitrogens with zero attached hydrogens (tertiary/aromatic N) is 2. The lowest BCUT2D eigenvalue weighted by Gasteiger charge is -2.11. The quantitative estimate of drug-likeness (QED) is 0.511. The third-order valence-corrected chi connectivity index (χ3v) is 4.17. The molecule has 2 aromatic carbocycles. The van der Waals surface area contributed by atoms with Crippen molar-refractivity contribution in [2.24, 2.45) is 0 Å². The molecule has 6 nitrogen and oxygen atoms in total. The molecular weight excluding hydrogens is 342 g/mol. The van der Waals surface area contributed by atoms with Crippen molar-refractivity contribution in [1.29, 1.82) is 0 Å². The van der Waals surface area contributed by atoms with Crippen LogP contribution in [0.2, 0.25) is 0 Å². The van der Waals surface area contributed by atoms with Gasteiger partial charge in [0.1, 0.15) is 12.4 Å². The van der Waals surface area contributed by atoms with E-state index in [0.29, 0.717) is 15.8 Å². The summed E-state index contributed by atoms with van der Waals surface area (Å²) in [6.45, 7) is -0.0281. The molecule has 0 radical (unpaired) electrons. The lowest BCUT2D eigenvalue weighted by molar-refractivity contribution is -0.387. The van der Waals surface area contributed by atoms with Crippen molar-refractivity contribution in [1.82, 2.24) is 4.98 Å². The Labute approximate surface area is 138 Å². The molecule has 1 heterocycles. The van der Waals surface area contributed by atoms with Crippen molar-refractivity contribution >= 4 is 27.2 Å². The van der Waals surface area contributed by atoms with Gasteiger partial charge in [-0.1, -0.05) is 6.07 Å². The Hall–Kier alpha value is -2.81. The van der Waals surface area contributed by atoms with Crippen LogP contribution in [-0.4, -0.2) is 17.0 Å². The first-order chi connectivity index (χ1) is 11.5. The molecule has 0 spiro atoms. The zero-order valence-corrected chi connectivity index (χ0v) is 13.1. The van der Waals surface area contributed by atoms with Gasteiger partial charge in [-0.3, -0.25) is 10.1 Å². The van der Waals surface area contributed by atoms with Crippen molar-refractivity contribution in [3.63, 3.8) is 0 Å². The zero-order chi connectivity index (χ0) is 17.3. The predicted molar refractivity (Wildman–Crippen MR) is 83.5 cm³/mol. The summed E-state index contributed by atoms with van der Waals surface area (Å²) in [5.41, 5.74) is 1.85. The average Bonchev–Trinajstić information content (AvgIpc) is 3.05. The van der Waals surface area contributed by atoms with Crippen LogP contribution in [0.25, 0.3) is 10.2 Å². The van der Waals surface area contributed by atoms with Crippen LogP contribution in [0, 0.1) is 21.7 Å². The van der Waals surface area contributed by atoms with Crippen molar-refractivity contribution < 1.29 is 23.2 Å². The van der Waals surface area contributed by atoms with Crippen LogP contribution >= 0.6 is 11.3 Å². The van der Waals surface area contributed by atoms with Crippen LogP contribution in [0.3, 0.4) is 0 Å². The molecule has 0 aliphatic rings. The minimum absolute atomic E-state index is 0.0123. The van der Waals surface area contributed by atoms with E-state index < -0.39 is 16.4 Å². The number of aromatic nitrogens is 1. The molecule has 124 valence electrons. The number of fused-ring (bicyclic) bond motifs is 1. The third kappa shape index (κ3) is 2.85. The summed E-state index contributed by atoms with van der Waals surface area (Å²) < 4.78 is 38.2. The van der Waals surface area contributed by atoms with Crippen LogP contribution < -0.4 is 9.47 Å². The molecule has 0 saturated heterocycles. The third-order valence-electron chi connectivity index (χ3n) is 3.33. The van der Waals surface area contributed by atoms with E-state index in [1.54, 1.807) is 0 Å². The minimum atomic E-state index is -1.02. The molecule has 3 rings (SSSR count). The number of halogens is 2. The molecule has 0 atom stereocenters. The predicted octanol–water partition coefficient (Wildman–Crippen LogP) is 4.07. The summed E-state index contributed by atoms with van der Waals surface area (Å²) in [7, 11) is 1.30. The summed E-state index contributed by atoms with van der Waals surface area (Å²) in [6, 6.07) is 4.65. The Morgan fingerprint density at radius 1 is 1.25 bits per heavy atom. The summed E-state index contributed by atoms with van der Waals surface area (Å²) in [6.07, 6.45) is 0. The normalized spacial score (nSPS) is 10.8. The SMILES string of the molecule is COc1cc(F)c([N+](=O)[O-])cc1OCc1ccc(F)c2scnc12. The van der Waals surface area contributed by atoms with Gasteiger partial charge in [0.25, 0.3) is 0 Å². The summed E-state index contributed by atoms with van der Waals surface area (Å²) in [5, 5.41) is 10.8. The monoisotopic (exact) mass is 352 g/mol. The van der Waals surface area contributed by atoms with Gasteiger partial charge in [-0.2, -0.15) is 4.39 Å². The zero-order valence-electron chi connectivity index (χ0n) is 12.3. The van der Waals surface area contributed by atoms with Gasteiger partial charge in [0, 0.05) is 11.6 Å². The van der Waals surface area contributed by atoms with Gasteiger partial charge in [0.05, 0.1) is 33.8 Å². The Balaban J connectivity index is 1.93. The van der Waals surface area contributed by atoms with Crippen molar-refractivity contribution in [3.05, 3.63) is 57.1 Å². The molecule has 9 heteroatoms. The first kappa shape index (κ1) is 16.1. The van der Waals surface area contributed by atoms with E-state index in [1.165, 1.54) is 24.8 Å². The van der Waals surface area contributed by atoms with E-state index in [4.69, 9.17) is 9.47 Å². The van der Waals surface area contributed by atoms with Crippen LogP contribution in [0.1, 0.15) is 5.56 Å². The fourth-order valence-corrected chi connectivity index (χ4v) is 2.92. The van der Waals surface area contributed by atoms with E-state index in [0.717, 1.165) is 23.5 Å². The van der Waals surface area contributed by atoms with Crippen LogP contribution in [-0.2, 0) is 6.61 Å². The lowest BCUT2D eigenvalue weighted by atomic mass is 10.2. The molecular formula is C15H10F2N2O4S. The highest BCUT2D eigenvalue weighted by Crippen LogP contribution is 2.35. The summed E-state index contributed by atoms with van der Waals surface area (Å²) >= 11 is 1.16. The van der Waals surface area contributed by atoms with Gasteiger partial charge in [0.15, 0.2) is 11.5 Å². The minimum Gasteiger partial charge on any atom is -0.493 e. The topological polar surface area (TPSA) is 74.5 Å². The first-order valence-electron chi connectivity index (χ1n) is 6.66. The van der Waals surface area contributed by atoms with Crippen LogP contribution in [0.5, 0.6) is 11.5 Å². The second kappa shape index (κ2) is 6.36. The maximum atomic E-state index is 13.7. The van der Waals surface area contributed by atoms with Crippen molar-refractivity contribution in [3.8, 4) is 11.5 Å². The van der Waals surface area contributed by atoms with Gasteiger partial charge in [-0.05, 0) is 6.07 Å². The van der Waals surface area contributed by atoms with Crippen LogP contribution in [0.15, 0.2) is 29.8 Å². The van der Waals surface area contributed by atoms with E-state index in [1.807, 2.05) is 0 Å². The number of thiazole rings is 1. The fourth-order valence-electron chi connectivity index (χ4n) is 2.18. The molecule has 0 unspecified atom stereocenters. The largest absolute Gasteiger partial charge is 0.493 e. The summed E-state index contributed by atoms with van der Waals surface area (Å²) in [4.78, 5) is 14.1. The number of hydrogen-bond acceptors (Lipinski definition) is 6. The molecule has 0 fully saturated rings. The molecule has 3 aromatic rings. The maximum absolute atomic E-state index is 13.7. The second-order valence-corrected chi connectivity index (χ2v) is 5.59. The maximum Gasteiger partial charge on any atom is 0.308 e. The second-order valence-electron chi connectivity index (χ2n) is 4.74. The standard InChI is InChI=1S/C15H10F2N2O4S/c1-22-12-4-10(17)11(19(20)21)5-13(12)23-6-8-2-3-9(16)15-14(8)18-7-24-15/h2-5,7H,6H2,1H3. The lowest BCUT2D eigenvalue weighted by Crippen LogP contribution is -2.01. The van der Waals surface area contributed by atoms with Gasteiger partial charge < -0.3 is 9.47 Å². The molecule has 0 aliphatic heterocycles. The number of nitro benzene ring substituents is 1. The number of methoxy groups -OCH3 is 1. The highest BCUT2D eigenvalue weighted by molar-refractivity contribution is 7.16. The van der Waals surface area contributed by atoms with E-state index in [2.05, 4.69) is 4.98 Å². The van der Waals surface area contributed by atoms with Crippen molar-refractivity contribution in [2.75, 3.05) is 7.11 Å². The first-order valence-corrected chi connectivity index (χ1v) is 7.54. The summed E-state index contributed by atoms with van der Waals surface area (Å²) in [5.74, 6) is -1.37. The molecule has 0 aliphatic carbocycles. The molecule has 0 saturated carbocycles.